The molecule has 1 aliphatic heterocycles. The summed E-state index contributed by atoms with van der Waals surface area (Å²) in [5.41, 5.74) is -0.0150. The Labute approximate surface area is 114 Å². The Morgan fingerprint density at radius 2 is 1.89 bits per heavy atom. The van der Waals surface area contributed by atoms with Gasteiger partial charge in [0.2, 0.25) is 0 Å². The Morgan fingerprint density at radius 1 is 1.22 bits per heavy atom. The van der Waals surface area contributed by atoms with Gasteiger partial charge >= 0.3 is 0 Å². The second-order valence-electron chi connectivity index (χ2n) is 7.05. The van der Waals surface area contributed by atoms with Crippen LogP contribution in [0, 0.1) is 5.92 Å². The van der Waals surface area contributed by atoms with E-state index in [1.165, 1.54) is 25.7 Å². The topological polar surface area (TPSA) is 21.3 Å². The molecule has 0 aromatic carbocycles. The maximum Gasteiger partial charge on any atom is 0.0787 e. The van der Waals surface area contributed by atoms with Crippen LogP contribution in [-0.2, 0) is 4.74 Å². The Morgan fingerprint density at radius 3 is 2.33 bits per heavy atom. The van der Waals surface area contributed by atoms with E-state index in [9.17, 15) is 0 Å². The highest BCUT2D eigenvalue weighted by Gasteiger charge is 2.45. The molecule has 2 unspecified atom stereocenters. The number of nitrogens with one attached hydrogen (secondary N) is 1. The van der Waals surface area contributed by atoms with E-state index in [4.69, 9.17) is 4.74 Å². The molecule has 18 heavy (non-hydrogen) atoms. The first-order valence-electron chi connectivity index (χ1n) is 7.74. The molecule has 0 spiro atoms. The van der Waals surface area contributed by atoms with Crippen molar-refractivity contribution < 1.29 is 4.74 Å². The molecule has 0 amide bonds. The number of unbranched alkanes of at least 4 members (excludes halogenated alkanes) is 1. The normalized spacial score (nSPS) is 27.3. The number of hydrogen-bond acceptors (Lipinski definition) is 2. The van der Waals surface area contributed by atoms with Crippen molar-refractivity contribution in [2.75, 3.05) is 6.54 Å². The zero-order valence-corrected chi connectivity index (χ0v) is 13.3. The van der Waals surface area contributed by atoms with Crippen LogP contribution in [0.25, 0.3) is 0 Å². The summed E-state index contributed by atoms with van der Waals surface area (Å²) in [7, 11) is 0. The summed E-state index contributed by atoms with van der Waals surface area (Å²) in [5.74, 6) is 0.824. The molecule has 1 rings (SSSR count). The standard InChI is InChI=1S/C16H33NO/c1-7-9-10-13(8-2)12-17-14-11-15(3,4)18-16(14,5)6/h13-14,17H,7-12H2,1-6H3. The predicted octanol–water partition coefficient (Wildman–Crippen LogP) is 4.14. The molecular weight excluding hydrogens is 222 g/mol. The molecule has 2 nitrogen and oxygen atoms in total. The lowest BCUT2D eigenvalue weighted by atomic mass is 9.93. The molecule has 108 valence electrons. The predicted molar refractivity (Wildman–Crippen MR) is 79.0 cm³/mol. The molecule has 1 aliphatic rings. The van der Waals surface area contributed by atoms with Crippen LogP contribution in [0.4, 0.5) is 0 Å². The monoisotopic (exact) mass is 255 g/mol. The van der Waals surface area contributed by atoms with Gasteiger partial charge in [-0.3, -0.25) is 0 Å². The average molecular weight is 255 g/mol. The largest absolute Gasteiger partial charge is 0.368 e. The lowest BCUT2D eigenvalue weighted by Gasteiger charge is -2.29. The Hall–Kier alpha value is -0.0800. The van der Waals surface area contributed by atoms with E-state index >= 15 is 0 Å². The molecule has 0 aliphatic carbocycles. The average Bonchev–Trinajstić information content (AvgIpc) is 2.47. The molecule has 1 heterocycles. The molecule has 0 radical (unpaired) electrons. The fourth-order valence-electron chi connectivity index (χ4n) is 3.13. The Kier molecular flexibility index (Phi) is 5.67. The number of rotatable bonds is 7. The van der Waals surface area contributed by atoms with Crippen molar-refractivity contribution in [1.29, 1.82) is 0 Å². The second-order valence-corrected chi connectivity index (χ2v) is 7.05. The zero-order valence-electron chi connectivity index (χ0n) is 13.3. The van der Waals surface area contributed by atoms with E-state index in [0.29, 0.717) is 6.04 Å². The maximum absolute atomic E-state index is 6.13. The Bertz CT molecular complexity index is 247. The van der Waals surface area contributed by atoms with E-state index in [2.05, 4.69) is 46.9 Å². The van der Waals surface area contributed by atoms with Crippen molar-refractivity contribution >= 4 is 0 Å². The summed E-state index contributed by atoms with van der Waals surface area (Å²) in [6.07, 6.45) is 6.42. The summed E-state index contributed by atoms with van der Waals surface area (Å²) in [5, 5.41) is 3.76. The van der Waals surface area contributed by atoms with Gasteiger partial charge in [0.15, 0.2) is 0 Å². The Balaban J connectivity index is 2.42. The van der Waals surface area contributed by atoms with Gasteiger partial charge in [-0.25, -0.2) is 0 Å². The molecule has 0 aromatic heterocycles. The fourth-order valence-corrected chi connectivity index (χ4v) is 3.13. The quantitative estimate of drug-likeness (QED) is 0.738. The van der Waals surface area contributed by atoms with Crippen molar-refractivity contribution in [3.63, 3.8) is 0 Å². The van der Waals surface area contributed by atoms with Crippen molar-refractivity contribution in [2.45, 2.75) is 90.9 Å². The van der Waals surface area contributed by atoms with Gasteiger partial charge in [-0.15, -0.1) is 0 Å². The smallest absolute Gasteiger partial charge is 0.0787 e. The number of hydrogen-bond donors (Lipinski definition) is 1. The molecule has 0 bridgehead atoms. The molecule has 2 heteroatoms. The summed E-state index contributed by atoms with van der Waals surface area (Å²) in [6.45, 7) is 14.6. The summed E-state index contributed by atoms with van der Waals surface area (Å²) >= 11 is 0. The van der Waals surface area contributed by atoms with Crippen LogP contribution in [0.2, 0.25) is 0 Å². The highest BCUT2D eigenvalue weighted by molar-refractivity contribution is 4.98. The van der Waals surface area contributed by atoms with Gasteiger partial charge in [-0.1, -0.05) is 33.1 Å². The SMILES string of the molecule is CCCCC(CC)CNC1CC(C)(C)OC1(C)C. The second kappa shape index (κ2) is 6.38. The van der Waals surface area contributed by atoms with Gasteiger partial charge in [0.05, 0.1) is 11.2 Å². The number of ether oxygens (including phenoxy) is 1. The minimum absolute atomic E-state index is 0.0201. The van der Waals surface area contributed by atoms with Crippen LogP contribution in [0.3, 0.4) is 0 Å². The minimum atomic E-state index is -0.0352. The van der Waals surface area contributed by atoms with E-state index in [-0.39, 0.29) is 11.2 Å². The van der Waals surface area contributed by atoms with Crippen LogP contribution in [0.1, 0.15) is 73.6 Å². The van der Waals surface area contributed by atoms with E-state index in [1.54, 1.807) is 0 Å². The highest BCUT2D eigenvalue weighted by atomic mass is 16.5. The van der Waals surface area contributed by atoms with E-state index in [0.717, 1.165) is 18.9 Å². The van der Waals surface area contributed by atoms with Crippen LogP contribution in [-0.4, -0.2) is 23.8 Å². The molecule has 1 N–H and O–H groups in total. The third kappa shape index (κ3) is 4.55. The fraction of sp³-hybridized carbons (Fsp3) is 1.00. The first kappa shape index (κ1) is 16.0. The van der Waals surface area contributed by atoms with Crippen LogP contribution < -0.4 is 5.32 Å². The van der Waals surface area contributed by atoms with Gasteiger partial charge in [0, 0.05) is 6.04 Å². The molecule has 1 fully saturated rings. The van der Waals surface area contributed by atoms with E-state index < -0.39 is 0 Å². The van der Waals surface area contributed by atoms with Gasteiger partial charge in [-0.05, 0) is 53.0 Å². The van der Waals surface area contributed by atoms with Crippen molar-refractivity contribution in [2.24, 2.45) is 5.92 Å². The van der Waals surface area contributed by atoms with Crippen LogP contribution in [0.15, 0.2) is 0 Å². The molecule has 1 saturated heterocycles. The maximum atomic E-state index is 6.13. The third-order valence-corrected chi connectivity index (χ3v) is 4.27. The molecule has 0 aromatic rings. The lowest BCUT2D eigenvalue weighted by molar-refractivity contribution is -0.0699. The molecule has 0 saturated carbocycles. The first-order valence-corrected chi connectivity index (χ1v) is 7.74. The van der Waals surface area contributed by atoms with Crippen molar-refractivity contribution in [3.8, 4) is 0 Å². The third-order valence-electron chi connectivity index (χ3n) is 4.27. The highest BCUT2D eigenvalue weighted by Crippen LogP contribution is 2.37. The van der Waals surface area contributed by atoms with Gasteiger partial charge in [0.1, 0.15) is 0 Å². The van der Waals surface area contributed by atoms with Gasteiger partial charge in [0.25, 0.3) is 0 Å². The van der Waals surface area contributed by atoms with Crippen LogP contribution >= 0.6 is 0 Å². The van der Waals surface area contributed by atoms with Gasteiger partial charge < -0.3 is 10.1 Å². The first-order chi connectivity index (χ1) is 8.30. The van der Waals surface area contributed by atoms with Crippen molar-refractivity contribution in [3.05, 3.63) is 0 Å². The van der Waals surface area contributed by atoms with Crippen LogP contribution in [0.5, 0.6) is 0 Å². The summed E-state index contributed by atoms with van der Waals surface area (Å²) in [6, 6.07) is 0.489. The zero-order chi connectivity index (χ0) is 13.8. The molecular formula is C16H33NO. The van der Waals surface area contributed by atoms with Crippen molar-refractivity contribution in [1.82, 2.24) is 5.32 Å². The lowest BCUT2D eigenvalue weighted by Crippen LogP contribution is -2.45. The minimum Gasteiger partial charge on any atom is -0.368 e. The summed E-state index contributed by atoms with van der Waals surface area (Å²) in [4.78, 5) is 0. The van der Waals surface area contributed by atoms with Gasteiger partial charge in [-0.2, -0.15) is 0 Å². The molecule has 2 atom stereocenters. The summed E-state index contributed by atoms with van der Waals surface area (Å²) < 4.78 is 6.13. The van der Waals surface area contributed by atoms with E-state index in [1.807, 2.05) is 0 Å².